The van der Waals surface area contributed by atoms with Gasteiger partial charge in [0.1, 0.15) is 11.5 Å². The van der Waals surface area contributed by atoms with Crippen LogP contribution in [0, 0.1) is 13.8 Å². The number of carbonyl (C=O) groups is 3. The number of morpholine rings is 1. The van der Waals surface area contributed by atoms with Crippen molar-refractivity contribution in [3.63, 3.8) is 0 Å². The van der Waals surface area contributed by atoms with E-state index in [0.717, 1.165) is 0 Å². The van der Waals surface area contributed by atoms with Gasteiger partial charge in [-0.1, -0.05) is 0 Å². The first kappa shape index (κ1) is 21.9. The van der Waals surface area contributed by atoms with Gasteiger partial charge in [-0.2, -0.15) is 0 Å². The molecule has 9 nitrogen and oxygen atoms in total. The molecule has 170 valence electrons. The second-order valence-electron chi connectivity index (χ2n) is 8.02. The second-order valence-corrected chi connectivity index (χ2v) is 8.02. The molecule has 3 heterocycles. The fourth-order valence-electron chi connectivity index (χ4n) is 3.97. The summed E-state index contributed by atoms with van der Waals surface area (Å²) in [5.74, 6) is 1.22. The number of aryl methyl sites for hydroxylation is 2. The summed E-state index contributed by atoms with van der Waals surface area (Å²) < 4.78 is 10.7. The number of urea groups is 1. The quantitative estimate of drug-likeness (QED) is 0.791. The van der Waals surface area contributed by atoms with E-state index < -0.39 is 0 Å². The molecule has 0 unspecified atom stereocenters. The highest BCUT2D eigenvalue weighted by atomic mass is 16.5. The van der Waals surface area contributed by atoms with Gasteiger partial charge in [0.15, 0.2) is 0 Å². The van der Waals surface area contributed by atoms with E-state index in [1.165, 1.54) is 0 Å². The van der Waals surface area contributed by atoms with E-state index in [2.05, 4.69) is 5.32 Å². The number of nitrogens with one attached hydrogen (secondary N) is 1. The Balaban J connectivity index is 1.29. The van der Waals surface area contributed by atoms with Crippen LogP contribution >= 0.6 is 0 Å². The zero-order valence-corrected chi connectivity index (χ0v) is 18.4. The van der Waals surface area contributed by atoms with Crippen molar-refractivity contribution in [1.29, 1.82) is 0 Å². The lowest BCUT2D eigenvalue weighted by atomic mass is 10.1. The maximum absolute atomic E-state index is 12.7. The minimum atomic E-state index is -0.223. The van der Waals surface area contributed by atoms with Crippen molar-refractivity contribution in [2.75, 3.05) is 57.8 Å². The third-order valence-corrected chi connectivity index (χ3v) is 5.81. The number of nitrogens with zero attached hydrogens (tertiary/aromatic N) is 3. The number of furan rings is 1. The van der Waals surface area contributed by atoms with Crippen molar-refractivity contribution in [3.05, 3.63) is 53.0 Å². The molecule has 1 aromatic carbocycles. The van der Waals surface area contributed by atoms with E-state index in [9.17, 15) is 14.4 Å². The summed E-state index contributed by atoms with van der Waals surface area (Å²) in [5.41, 5.74) is 1.78. The topological polar surface area (TPSA) is 95.3 Å². The molecule has 2 fully saturated rings. The summed E-state index contributed by atoms with van der Waals surface area (Å²) in [6.07, 6.45) is 0. The van der Waals surface area contributed by atoms with Crippen LogP contribution in [0.4, 0.5) is 10.5 Å². The van der Waals surface area contributed by atoms with E-state index in [-0.39, 0.29) is 17.8 Å². The third kappa shape index (κ3) is 4.77. The first-order valence-electron chi connectivity index (χ1n) is 10.8. The van der Waals surface area contributed by atoms with Crippen LogP contribution in [0.2, 0.25) is 0 Å². The zero-order valence-electron chi connectivity index (χ0n) is 18.4. The molecule has 2 saturated heterocycles. The smallest absolute Gasteiger partial charge is 0.321 e. The van der Waals surface area contributed by atoms with Gasteiger partial charge in [-0.3, -0.25) is 9.59 Å². The Hall–Kier alpha value is -3.33. The number of hydrogen-bond acceptors (Lipinski definition) is 5. The molecule has 0 saturated carbocycles. The molecule has 4 amide bonds. The number of hydrogen-bond donors (Lipinski definition) is 1. The molecular weight excluding hydrogens is 412 g/mol. The van der Waals surface area contributed by atoms with Crippen LogP contribution in [0.1, 0.15) is 32.2 Å². The van der Waals surface area contributed by atoms with Gasteiger partial charge in [-0.05, 0) is 44.2 Å². The fraction of sp³-hybridized carbons (Fsp3) is 0.435. The molecule has 4 rings (SSSR count). The SMILES string of the molecule is Cc1cc(C(=O)N2CCN(C(=O)Nc3ccc(C(=O)N4CCOCC4)cc3)CC2)c(C)o1. The Labute approximate surface area is 186 Å². The lowest BCUT2D eigenvalue weighted by Gasteiger charge is -2.34. The van der Waals surface area contributed by atoms with Crippen LogP contribution < -0.4 is 5.32 Å². The summed E-state index contributed by atoms with van der Waals surface area (Å²) in [4.78, 5) is 43.1. The number of rotatable bonds is 3. The van der Waals surface area contributed by atoms with Gasteiger partial charge in [-0.15, -0.1) is 0 Å². The highest BCUT2D eigenvalue weighted by molar-refractivity contribution is 5.96. The maximum Gasteiger partial charge on any atom is 0.321 e. The molecule has 0 bridgehead atoms. The average molecular weight is 441 g/mol. The summed E-state index contributed by atoms with van der Waals surface area (Å²) in [7, 11) is 0. The molecule has 9 heteroatoms. The molecule has 32 heavy (non-hydrogen) atoms. The lowest BCUT2D eigenvalue weighted by molar-refractivity contribution is 0.0303. The monoisotopic (exact) mass is 440 g/mol. The van der Waals surface area contributed by atoms with E-state index in [0.29, 0.717) is 80.8 Å². The highest BCUT2D eigenvalue weighted by Crippen LogP contribution is 2.18. The number of anilines is 1. The molecule has 2 aromatic rings. The molecule has 1 aromatic heterocycles. The molecule has 2 aliphatic rings. The Kier molecular flexibility index (Phi) is 6.45. The zero-order chi connectivity index (χ0) is 22.7. The second kappa shape index (κ2) is 9.44. The highest BCUT2D eigenvalue weighted by Gasteiger charge is 2.27. The predicted octanol–water partition coefficient (Wildman–Crippen LogP) is 2.36. The van der Waals surface area contributed by atoms with Crippen molar-refractivity contribution in [3.8, 4) is 0 Å². The van der Waals surface area contributed by atoms with Crippen LogP contribution in [-0.4, -0.2) is 85.0 Å². The van der Waals surface area contributed by atoms with Crippen molar-refractivity contribution in [1.82, 2.24) is 14.7 Å². The molecular formula is C23H28N4O5. The number of piperazine rings is 1. The summed E-state index contributed by atoms with van der Waals surface area (Å²) in [6, 6.07) is 8.44. The molecule has 0 atom stereocenters. The Morgan fingerprint density at radius 3 is 2.00 bits per heavy atom. The lowest BCUT2D eigenvalue weighted by Crippen LogP contribution is -2.51. The average Bonchev–Trinajstić information content (AvgIpc) is 3.17. The molecule has 2 aliphatic heterocycles. The van der Waals surface area contributed by atoms with Gasteiger partial charge < -0.3 is 29.2 Å². The third-order valence-electron chi connectivity index (χ3n) is 5.81. The largest absolute Gasteiger partial charge is 0.466 e. The molecule has 0 radical (unpaired) electrons. The van der Waals surface area contributed by atoms with E-state index in [1.807, 2.05) is 6.92 Å². The number of amides is 4. The van der Waals surface area contributed by atoms with Crippen molar-refractivity contribution < 1.29 is 23.5 Å². The first-order chi connectivity index (χ1) is 15.4. The van der Waals surface area contributed by atoms with Crippen molar-refractivity contribution >= 4 is 23.5 Å². The van der Waals surface area contributed by atoms with Crippen LogP contribution in [0.25, 0.3) is 0 Å². The van der Waals surface area contributed by atoms with Crippen molar-refractivity contribution in [2.45, 2.75) is 13.8 Å². The van der Waals surface area contributed by atoms with Gasteiger partial charge in [0.05, 0.1) is 18.8 Å². The van der Waals surface area contributed by atoms with Crippen LogP contribution in [0.15, 0.2) is 34.7 Å². The molecule has 0 spiro atoms. The van der Waals surface area contributed by atoms with Gasteiger partial charge in [0, 0.05) is 50.5 Å². The number of carbonyl (C=O) groups excluding carboxylic acids is 3. The van der Waals surface area contributed by atoms with E-state index in [1.54, 1.807) is 52.0 Å². The molecule has 0 aliphatic carbocycles. The van der Waals surface area contributed by atoms with E-state index in [4.69, 9.17) is 9.15 Å². The Morgan fingerprint density at radius 2 is 1.41 bits per heavy atom. The van der Waals surface area contributed by atoms with Gasteiger partial charge in [0.25, 0.3) is 11.8 Å². The number of ether oxygens (including phenoxy) is 1. The Bertz CT molecular complexity index is 986. The normalized spacial score (nSPS) is 16.8. The number of benzene rings is 1. The fourth-order valence-corrected chi connectivity index (χ4v) is 3.97. The van der Waals surface area contributed by atoms with Crippen LogP contribution in [0.5, 0.6) is 0 Å². The Morgan fingerprint density at radius 1 is 0.812 bits per heavy atom. The van der Waals surface area contributed by atoms with Crippen molar-refractivity contribution in [2.24, 2.45) is 0 Å². The molecule has 1 N–H and O–H groups in total. The predicted molar refractivity (Wildman–Crippen MR) is 118 cm³/mol. The van der Waals surface area contributed by atoms with Gasteiger partial charge >= 0.3 is 6.03 Å². The summed E-state index contributed by atoms with van der Waals surface area (Å²) in [5, 5.41) is 2.87. The summed E-state index contributed by atoms with van der Waals surface area (Å²) in [6.45, 7) is 7.70. The maximum atomic E-state index is 12.7. The van der Waals surface area contributed by atoms with Gasteiger partial charge in [0.2, 0.25) is 0 Å². The van der Waals surface area contributed by atoms with Crippen LogP contribution in [0.3, 0.4) is 0 Å². The van der Waals surface area contributed by atoms with Crippen LogP contribution in [-0.2, 0) is 4.74 Å². The minimum Gasteiger partial charge on any atom is -0.466 e. The standard InChI is InChI=1S/C23H28N4O5/c1-16-15-20(17(2)32-16)22(29)25-7-9-27(10-8-25)23(30)24-19-5-3-18(4-6-19)21(28)26-11-13-31-14-12-26/h3-6,15H,7-14H2,1-2H3,(H,24,30). The summed E-state index contributed by atoms with van der Waals surface area (Å²) >= 11 is 0. The first-order valence-corrected chi connectivity index (χ1v) is 10.8. The minimum absolute atomic E-state index is 0.0324. The van der Waals surface area contributed by atoms with E-state index >= 15 is 0 Å². The van der Waals surface area contributed by atoms with Gasteiger partial charge in [-0.25, -0.2) is 4.79 Å².